The van der Waals surface area contributed by atoms with Crippen molar-refractivity contribution >= 4 is 17.7 Å². The van der Waals surface area contributed by atoms with Crippen LogP contribution in [0.3, 0.4) is 0 Å². The van der Waals surface area contributed by atoms with Crippen molar-refractivity contribution in [2.24, 2.45) is 0 Å². The normalized spacial score (nSPS) is 16.0. The SMILES string of the molecule is Cc1ccc(/C=C/C(=O)N2CC(C)(C)Oc3ccccc32)cc1. The van der Waals surface area contributed by atoms with Crippen LogP contribution in [-0.2, 0) is 4.79 Å². The number of aryl methyl sites for hydroxylation is 1. The molecule has 118 valence electrons. The summed E-state index contributed by atoms with van der Waals surface area (Å²) in [5.74, 6) is 0.718. The summed E-state index contributed by atoms with van der Waals surface area (Å²) in [5.41, 5.74) is 2.65. The van der Waals surface area contributed by atoms with Crippen molar-refractivity contribution in [1.82, 2.24) is 0 Å². The minimum absolute atomic E-state index is 0.0330. The Morgan fingerprint density at radius 3 is 2.57 bits per heavy atom. The number of hydrogen-bond acceptors (Lipinski definition) is 2. The van der Waals surface area contributed by atoms with Crippen molar-refractivity contribution in [2.75, 3.05) is 11.4 Å². The zero-order valence-electron chi connectivity index (χ0n) is 13.7. The maximum atomic E-state index is 12.7. The third-order valence-corrected chi connectivity index (χ3v) is 3.84. The minimum atomic E-state index is -0.401. The Morgan fingerprint density at radius 1 is 1.13 bits per heavy atom. The van der Waals surface area contributed by atoms with Crippen LogP contribution in [0.15, 0.2) is 54.6 Å². The van der Waals surface area contributed by atoms with Crippen molar-refractivity contribution in [3.05, 3.63) is 65.7 Å². The average molecular weight is 307 g/mol. The molecule has 23 heavy (non-hydrogen) atoms. The Bertz CT molecular complexity index is 744. The molecule has 0 saturated carbocycles. The molecule has 0 unspecified atom stereocenters. The Morgan fingerprint density at radius 2 is 1.83 bits per heavy atom. The van der Waals surface area contributed by atoms with E-state index in [-0.39, 0.29) is 5.91 Å². The number of amides is 1. The third-order valence-electron chi connectivity index (χ3n) is 3.84. The lowest BCUT2D eigenvalue weighted by molar-refractivity contribution is -0.115. The van der Waals surface area contributed by atoms with Crippen molar-refractivity contribution in [2.45, 2.75) is 26.4 Å². The van der Waals surface area contributed by atoms with Crippen molar-refractivity contribution < 1.29 is 9.53 Å². The van der Waals surface area contributed by atoms with E-state index in [0.29, 0.717) is 6.54 Å². The van der Waals surface area contributed by atoms with Gasteiger partial charge in [-0.2, -0.15) is 0 Å². The summed E-state index contributed by atoms with van der Waals surface area (Å²) in [7, 11) is 0. The first kappa shape index (κ1) is 15.3. The first-order valence-corrected chi connectivity index (χ1v) is 7.79. The lowest BCUT2D eigenvalue weighted by Crippen LogP contribution is -2.48. The third kappa shape index (κ3) is 3.45. The van der Waals surface area contributed by atoms with Gasteiger partial charge in [0.05, 0.1) is 12.2 Å². The van der Waals surface area contributed by atoms with Gasteiger partial charge in [-0.25, -0.2) is 0 Å². The fraction of sp³-hybridized carbons (Fsp3) is 0.250. The quantitative estimate of drug-likeness (QED) is 0.778. The molecule has 0 atom stereocenters. The van der Waals surface area contributed by atoms with Crippen LogP contribution < -0.4 is 9.64 Å². The zero-order chi connectivity index (χ0) is 16.4. The number of para-hydroxylation sites is 2. The van der Waals surface area contributed by atoms with Gasteiger partial charge in [0, 0.05) is 6.08 Å². The van der Waals surface area contributed by atoms with Crippen molar-refractivity contribution in [1.29, 1.82) is 0 Å². The summed E-state index contributed by atoms with van der Waals surface area (Å²) in [6, 6.07) is 15.8. The monoisotopic (exact) mass is 307 g/mol. The molecule has 0 bridgehead atoms. The number of ether oxygens (including phenoxy) is 1. The summed E-state index contributed by atoms with van der Waals surface area (Å²) >= 11 is 0. The molecule has 1 heterocycles. The van der Waals surface area contributed by atoms with Crippen LogP contribution in [0.25, 0.3) is 6.08 Å². The highest BCUT2D eigenvalue weighted by atomic mass is 16.5. The first-order chi connectivity index (χ1) is 10.9. The summed E-state index contributed by atoms with van der Waals surface area (Å²) < 4.78 is 5.96. The lowest BCUT2D eigenvalue weighted by atomic mass is 10.0. The fourth-order valence-electron chi connectivity index (χ4n) is 2.69. The Balaban J connectivity index is 1.85. The second kappa shape index (κ2) is 5.92. The second-order valence-electron chi connectivity index (χ2n) is 6.50. The molecule has 3 heteroatoms. The van der Waals surface area contributed by atoms with Crippen LogP contribution in [0.4, 0.5) is 5.69 Å². The fourth-order valence-corrected chi connectivity index (χ4v) is 2.69. The van der Waals surface area contributed by atoms with Crippen LogP contribution >= 0.6 is 0 Å². The van der Waals surface area contributed by atoms with E-state index in [9.17, 15) is 4.79 Å². The van der Waals surface area contributed by atoms with Gasteiger partial charge in [0.25, 0.3) is 5.91 Å². The highest BCUT2D eigenvalue weighted by molar-refractivity contribution is 6.05. The van der Waals surface area contributed by atoms with E-state index in [1.807, 2.05) is 75.4 Å². The maximum Gasteiger partial charge on any atom is 0.251 e. The van der Waals surface area contributed by atoms with Gasteiger partial charge in [0.1, 0.15) is 11.4 Å². The van der Waals surface area contributed by atoms with Gasteiger partial charge in [-0.1, -0.05) is 42.0 Å². The minimum Gasteiger partial charge on any atom is -0.484 e. The summed E-state index contributed by atoms with van der Waals surface area (Å²) in [5, 5.41) is 0. The molecule has 3 nitrogen and oxygen atoms in total. The van der Waals surface area contributed by atoms with Gasteiger partial charge in [-0.05, 0) is 44.5 Å². The largest absolute Gasteiger partial charge is 0.484 e. The molecule has 0 fully saturated rings. The van der Waals surface area contributed by atoms with E-state index >= 15 is 0 Å². The average Bonchev–Trinajstić information content (AvgIpc) is 2.52. The summed E-state index contributed by atoms with van der Waals surface area (Å²) in [6.07, 6.45) is 3.48. The summed E-state index contributed by atoms with van der Waals surface area (Å²) in [6.45, 7) is 6.56. The topological polar surface area (TPSA) is 29.5 Å². The lowest BCUT2D eigenvalue weighted by Gasteiger charge is -2.39. The number of rotatable bonds is 2. The van der Waals surface area contributed by atoms with Gasteiger partial charge in [-0.3, -0.25) is 4.79 Å². The Labute approximate surface area is 137 Å². The number of benzene rings is 2. The van der Waals surface area contributed by atoms with E-state index in [1.54, 1.807) is 11.0 Å². The predicted octanol–water partition coefficient (Wildman–Crippen LogP) is 4.21. The van der Waals surface area contributed by atoms with E-state index in [2.05, 4.69) is 0 Å². The molecule has 1 aliphatic rings. The second-order valence-corrected chi connectivity index (χ2v) is 6.50. The molecule has 0 aromatic heterocycles. The molecular weight excluding hydrogens is 286 g/mol. The highest BCUT2D eigenvalue weighted by Gasteiger charge is 2.33. The number of hydrogen-bond donors (Lipinski definition) is 0. The van der Waals surface area contributed by atoms with E-state index in [4.69, 9.17) is 4.74 Å². The molecule has 1 amide bonds. The number of nitrogens with zero attached hydrogens (tertiary/aromatic N) is 1. The van der Waals surface area contributed by atoms with Crippen LogP contribution in [0.2, 0.25) is 0 Å². The molecule has 0 spiro atoms. The van der Waals surface area contributed by atoms with Crippen LogP contribution in [0.5, 0.6) is 5.75 Å². The molecule has 1 aliphatic heterocycles. The van der Waals surface area contributed by atoms with Gasteiger partial charge in [-0.15, -0.1) is 0 Å². The molecule has 0 N–H and O–H groups in total. The highest BCUT2D eigenvalue weighted by Crippen LogP contribution is 2.36. The number of carbonyl (C=O) groups excluding carboxylic acids is 1. The van der Waals surface area contributed by atoms with Gasteiger partial charge >= 0.3 is 0 Å². The number of fused-ring (bicyclic) bond motifs is 1. The van der Waals surface area contributed by atoms with E-state index < -0.39 is 5.60 Å². The van der Waals surface area contributed by atoms with E-state index in [0.717, 1.165) is 17.0 Å². The first-order valence-electron chi connectivity index (χ1n) is 7.79. The zero-order valence-corrected chi connectivity index (χ0v) is 13.7. The number of anilines is 1. The van der Waals surface area contributed by atoms with Gasteiger partial charge in [0.15, 0.2) is 0 Å². The number of carbonyl (C=O) groups is 1. The van der Waals surface area contributed by atoms with Crippen LogP contribution in [0, 0.1) is 6.92 Å². The standard InChI is InChI=1S/C20H21NO2/c1-15-8-10-16(11-9-15)12-13-19(22)21-14-20(2,3)23-18-7-5-4-6-17(18)21/h4-13H,14H2,1-3H3/b13-12+. The van der Waals surface area contributed by atoms with Gasteiger partial charge < -0.3 is 9.64 Å². The molecule has 0 radical (unpaired) electrons. The molecular formula is C20H21NO2. The Kier molecular flexibility index (Phi) is 3.95. The van der Waals surface area contributed by atoms with Crippen LogP contribution in [0.1, 0.15) is 25.0 Å². The molecule has 0 saturated heterocycles. The maximum absolute atomic E-state index is 12.7. The van der Waals surface area contributed by atoms with Crippen molar-refractivity contribution in [3.63, 3.8) is 0 Å². The summed E-state index contributed by atoms with van der Waals surface area (Å²) in [4.78, 5) is 14.5. The molecule has 0 aliphatic carbocycles. The van der Waals surface area contributed by atoms with E-state index in [1.165, 1.54) is 5.56 Å². The smallest absolute Gasteiger partial charge is 0.251 e. The predicted molar refractivity (Wildman–Crippen MR) is 93.7 cm³/mol. The molecule has 3 rings (SSSR count). The molecule has 2 aromatic carbocycles. The van der Waals surface area contributed by atoms with Crippen molar-refractivity contribution in [3.8, 4) is 5.75 Å². The Hall–Kier alpha value is -2.55. The molecule has 2 aromatic rings. The van der Waals surface area contributed by atoms with Gasteiger partial charge in [0.2, 0.25) is 0 Å². The van der Waals surface area contributed by atoms with Crippen LogP contribution in [-0.4, -0.2) is 18.1 Å².